The van der Waals surface area contributed by atoms with E-state index in [1.54, 1.807) is 7.11 Å². The van der Waals surface area contributed by atoms with Crippen molar-refractivity contribution >= 4 is 23.0 Å². The fraction of sp³-hybridized carbons (Fsp3) is 0.0833. The van der Waals surface area contributed by atoms with Gasteiger partial charge in [0.25, 0.3) is 0 Å². The molecule has 0 saturated carbocycles. The molecular formula is C12H13N3OS. The SMILES string of the molecule is COc1ccc(NC(N)=S)cc1-n1cccc1. The molecular weight excluding hydrogens is 234 g/mol. The van der Waals surface area contributed by atoms with Crippen molar-refractivity contribution in [3.63, 3.8) is 0 Å². The first-order valence-electron chi connectivity index (χ1n) is 5.08. The number of rotatable bonds is 3. The Balaban J connectivity index is 2.43. The second-order valence-electron chi connectivity index (χ2n) is 3.47. The molecule has 3 N–H and O–H groups in total. The van der Waals surface area contributed by atoms with Crippen molar-refractivity contribution in [2.24, 2.45) is 5.73 Å². The summed E-state index contributed by atoms with van der Waals surface area (Å²) in [5, 5.41) is 3.14. The van der Waals surface area contributed by atoms with E-state index in [2.05, 4.69) is 5.32 Å². The molecule has 0 fully saturated rings. The summed E-state index contributed by atoms with van der Waals surface area (Å²) in [7, 11) is 1.64. The molecule has 0 amide bonds. The summed E-state index contributed by atoms with van der Waals surface area (Å²) in [6.07, 6.45) is 3.89. The van der Waals surface area contributed by atoms with E-state index in [1.165, 1.54) is 0 Å². The Hall–Kier alpha value is -2.01. The minimum atomic E-state index is 0.244. The summed E-state index contributed by atoms with van der Waals surface area (Å²) in [5.74, 6) is 0.787. The lowest BCUT2D eigenvalue weighted by molar-refractivity contribution is 0.413. The molecule has 0 unspecified atom stereocenters. The van der Waals surface area contributed by atoms with Gasteiger partial charge in [0.15, 0.2) is 5.11 Å². The first-order chi connectivity index (χ1) is 8.20. The van der Waals surface area contributed by atoms with Gasteiger partial charge >= 0.3 is 0 Å². The Morgan fingerprint density at radius 2 is 2.06 bits per heavy atom. The number of methoxy groups -OCH3 is 1. The molecule has 88 valence electrons. The van der Waals surface area contributed by atoms with Gasteiger partial charge in [0.1, 0.15) is 5.75 Å². The van der Waals surface area contributed by atoms with Crippen molar-refractivity contribution in [3.8, 4) is 11.4 Å². The smallest absolute Gasteiger partial charge is 0.168 e. The van der Waals surface area contributed by atoms with Crippen LogP contribution in [0.2, 0.25) is 0 Å². The van der Waals surface area contributed by atoms with Gasteiger partial charge < -0.3 is 20.4 Å². The van der Waals surface area contributed by atoms with E-state index in [0.29, 0.717) is 0 Å². The molecule has 1 aromatic carbocycles. The number of nitrogens with one attached hydrogen (secondary N) is 1. The van der Waals surface area contributed by atoms with Gasteiger partial charge in [-0.2, -0.15) is 0 Å². The number of nitrogens with two attached hydrogens (primary N) is 1. The summed E-state index contributed by atoms with van der Waals surface area (Å²) in [4.78, 5) is 0. The zero-order valence-electron chi connectivity index (χ0n) is 9.38. The molecule has 0 radical (unpaired) electrons. The summed E-state index contributed by atoms with van der Waals surface area (Å²) in [6.45, 7) is 0. The summed E-state index contributed by atoms with van der Waals surface area (Å²) in [5.41, 5.74) is 7.21. The van der Waals surface area contributed by atoms with Crippen LogP contribution in [-0.4, -0.2) is 16.8 Å². The van der Waals surface area contributed by atoms with E-state index in [-0.39, 0.29) is 5.11 Å². The topological polar surface area (TPSA) is 52.2 Å². The fourth-order valence-electron chi connectivity index (χ4n) is 1.61. The Bertz CT molecular complexity index is 523. The number of hydrogen-bond acceptors (Lipinski definition) is 2. The highest BCUT2D eigenvalue weighted by Gasteiger charge is 2.06. The first kappa shape index (κ1) is 11.5. The second-order valence-corrected chi connectivity index (χ2v) is 3.91. The maximum absolute atomic E-state index is 5.45. The van der Waals surface area contributed by atoms with Crippen LogP contribution in [0.15, 0.2) is 42.7 Å². The van der Waals surface area contributed by atoms with Crippen molar-refractivity contribution in [3.05, 3.63) is 42.7 Å². The number of hydrogen-bond donors (Lipinski definition) is 2. The molecule has 0 bridgehead atoms. The van der Waals surface area contributed by atoms with Crippen LogP contribution in [-0.2, 0) is 0 Å². The highest BCUT2D eigenvalue weighted by molar-refractivity contribution is 7.80. The van der Waals surface area contributed by atoms with Crippen LogP contribution in [0.1, 0.15) is 0 Å². The molecule has 2 rings (SSSR count). The largest absolute Gasteiger partial charge is 0.495 e. The molecule has 1 heterocycles. The summed E-state index contributed by atoms with van der Waals surface area (Å²) in [6, 6.07) is 9.57. The minimum Gasteiger partial charge on any atom is -0.495 e. The third kappa shape index (κ3) is 2.57. The standard InChI is InChI=1S/C12H13N3OS/c1-16-11-5-4-9(14-12(13)17)8-10(11)15-6-2-3-7-15/h2-8H,1H3,(H3,13,14,17). The van der Waals surface area contributed by atoms with Gasteiger partial charge in [0.2, 0.25) is 0 Å². The molecule has 0 aliphatic heterocycles. The predicted octanol–water partition coefficient (Wildman–Crippen LogP) is 2.14. The third-order valence-electron chi connectivity index (χ3n) is 2.33. The molecule has 17 heavy (non-hydrogen) atoms. The van der Waals surface area contributed by atoms with Crippen LogP contribution in [0.3, 0.4) is 0 Å². The van der Waals surface area contributed by atoms with Crippen LogP contribution >= 0.6 is 12.2 Å². The van der Waals surface area contributed by atoms with Crippen LogP contribution in [0.4, 0.5) is 5.69 Å². The zero-order chi connectivity index (χ0) is 12.3. The Labute approximate surface area is 105 Å². The fourth-order valence-corrected chi connectivity index (χ4v) is 1.72. The van der Waals surface area contributed by atoms with E-state index in [9.17, 15) is 0 Å². The van der Waals surface area contributed by atoms with Gasteiger partial charge in [-0.15, -0.1) is 0 Å². The van der Waals surface area contributed by atoms with Crippen LogP contribution in [0.25, 0.3) is 5.69 Å². The van der Waals surface area contributed by atoms with Crippen molar-refractivity contribution < 1.29 is 4.74 Å². The molecule has 1 aromatic heterocycles. The number of benzene rings is 1. The quantitative estimate of drug-likeness (QED) is 0.816. The lowest BCUT2D eigenvalue weighted by Gasteiger charge is -2.12. The molecule has 4 nitrogen and oxygen atoms in total. The van der Waals surface area contributed by atoms with E-state index >= 15 is 0 Å². The average molecular weight is 247 g/mol. The van der Waals surface area contributed by atoms with Crippen LogP contribution in [0.5, 0.6) is 5.75 Å². The van der Waals surface area contributed by atoms with Crippen molar-refractivity contribution in [2.75, 3.05) is 12.4 Å². The van der Waals surface area contributed by atoms with Gasteiger partial charge in [0.05, 0.1) is 12.8 Å². The highest BCUT2D eigenvalue weighted by atomic mass is 32.1. The molecule has 0 spiro atoms. The van der Waals surface area contributed by atoms with E-state index in [0.717, 1.165) is 17.1 Å². The molecule has 0 atom stereocenters. The second kappa shape index (κ2) is 4.88. The number of aromatic nitrogens is 1. The highest BCUT2D eigenvalue weighted by Crippen LogP contribution is 2.26. The lowest BCUT2D eigenvalue weighted by atomic mass is 10.2. The van der Waals surface area contributed by atoms with Crippen LogP contribution in [0, 0.1) is 0 Å². The molecule has 2 aromatic rings. The van der Waals surface area contributed by atoms with Gasteiger partial charge in [0, 0.05) is 18.1 Å². The van der Waals surface area contributed by atoms with Gasteiger partial charge in [-0.05, 0) is 42.5 Å². The number of nitrogens with zero attached hydrogens (tertiary/aromatic N) is 1. The van der Waals surface area contributed by atoms with Crippen molar-refractivity contribution in [1.29, 1.82) is 0 Å². The maximum Gasteiger partial charge on any atom is 0.168 e. The Morgan fingerprint density at radius 3 is 2.65 bits per heavy atom. The number of ether oxygens (including phenoxy) is 1. The third-order valence-corrected chi connectivity index (χ3v) is 2.43. The minimum absolute atomic E-state index is 0.244. The monoisotopic (exact) mass is 247 g/mol. The first-order valence-corrected chi connectivity index (χ1v) is 5.49. The van der Waals surface area contributed by atoms with E-state index in [4.69, 9.17) is 22.7 Å². The summed E-state index contributed by atoms with van der Waals surface area (Å²) >= 11 is 4.81. The maximum atomic E-state index is 5.45. The molecule has 5 heteroatoms. The molecule has 0 saturated heterocycles. The van der Waals surface area contributed by atoms with E-state index < -0.39 is 0 Å². The van der Waals surface area contributed by atoms with Gasteiger partial charge in [-0.25, -0.2) is 0 Å². The normalized spacial score (nSPS) is 9.94. The predicted molar refractivity (Wildman–Crippen MR) is 72.7 cm³/mol. The number of anilines is 1. The van der Waals surface area contributed by atoms with Gasteiger partial charge in [-0.1, -0.05) is 0 Å². The zero-order valence-corrected chi connectivity index (χ0v) is 10.2. The van der Waals surface area contributed by atoms with Crippen molar-refractivity contribution in [2.45, 2.75) is 0 Å². The Kier molecular flexibility index (Phi) is 3.30. The van der Waals surface area contributed by atoms with E-state index in [1.807, 2.05) is 47.3 Å². The van der Waals surface area contributed by atoms with Crippen LogP contribution < -0.4 is 15.8 Å². The number of thiocarbonyl (C=S) groups is 1. The average Bonchev–Trinajstić information content (AvgIpc) is 2.81. The molecule has 0 aliphatic carbocycles. The van der Waals surface area contributed by atoms with Crippen molar-refractivity contribution in [1.82, 2.24) is 4.57 Å². The molecule has 0 aliphatic rings. The summed E-state index contributed by atoms with van der Waals surface area (Å²) < 4.78 is 7.28. The lowest BCUT2D eigenvalue weighted by Crippen LogP contribution is -2.18. The van der Waals surface area contributed by atoms with Gasteiger partial charge in [-0.3, -0.25) is 0 Å². The Morgan fingerprint density at radius 1 is 1.35 bits per heavy atom.